The van der Waals surface area contributed by atoms with Crippen LogP contribution in [0.25, 0.3) is 0 Å². The molecule has 0 saturated carbocycles. The van der Waals surface area contributed by atoms with Crippen molar-refractivity contribution in [1.29, 1.82) is 0 Å². The van der Waals surface area contributed by atoms with Gasteiger partial charge < -0.3 is 0 Å². The van der Waals surface area contributed by atoms with Gasteiger partial charge in [-0.25, -0.2) is 4.98 Å². The molecule has 1 aromatic heterocycles. The zero-order valence-corrected chi connectivity index (χ0v) is 9.22. The summed E-state index contributed by atoms with van der Waals surface area (Å²) < 4.78 is 0.884. The molecule has 0 unspecified atom stereocenters. The van der Waals surface area contributed by atoms with Crippen LogP contribution in [-0.4, -0.2) is 4.98 Å². The molecular weight excluding hydrogens is 202 g/mol. The zero-order chi connectivity index (χ0) is 9.11. The highest BCUT2D eigenvalue weighted by Crippen LogP contribution is 2.00. The van der Waals surface area contributed by atoms with Gasteiger partial charge in [-0.05, 0) is 28.1 Å². The van der Waals surface area contributed by atoms with E-state index in [9.17, 15) is 0 Å². The van der Waals surface area contributed by atoms with Gasteiger partial charge >= 0.3 is 0 Å². The highest BCUT2D eigenvalue weighted by Gasteiger charge is 1.75. The van der Waals surface area contributed by atoms with Gasteiger partial charge in [0.15, 0.2) is 0 Å². The Morgan fingerprint density at radius 3 is 1.82 bits per heavy atom. The number of hydrogen-bond acceptors (Lipinski definition) is 1. The maximum atomic E-state index is 3.90. The Bertz CT molecular complexity index is 139. The molecule has 0 aliphatic carbocycles. The first-order chi connectivity index (χ1) is 5.39. The van der Waals surface area contributed by atoms with E-state index in [-0.39, 0.29) is 0 Å². The number of aromatic nitrogens is 1. The fourth-order valence-electron chi connectivity index (χ4n) is 0.342. The first-order valence-electron chi connectivity index (χ1n) is 3.96. The predicted molar refractivity (Wildman–Crippen MR) is 54.6 cm³/mol. The Kier molecular flexibility index (Phi) is 14.8. The molecule has 1 nitrogen and oxygen atoms in total. The maximum absolute atomic E-state index is 3.90. The van der Waals surface area contributed by atoms with Crippen LogP contribution in [0.5, 0.6) is 0 Å². The molecule has 0 fully saturated rings. The molecule has 0 aliphatic rings. The molecule has 1 heterocycles. The third-order valence-corrected chi connectivity index (χ3v) is 1.10. The van der Waals surface area contributed by atoms with E-state index in [4.69, 9.17) is 0 Å². The van der Waals surface area contributed by atoms with E-state index >= 15 is 0 Å². The van der Waals surface area contributed by atoms with Crippen molar-refractivity contribution in [1.82, 2.24) is 4.98 Å². The lowest BCUT2D eigenvalue weighted by Gasteiger charge is -1.80. The summed E-state index contributed by atoms with van der Waals surface area (Å²) in [5, 5.41) is 0. The minimum atomic E-state index is 0.884. The van der Waals surface area contributed by atoms with Crippen LogP contribution in [0.15, 0.2) is 29.0 Å². The molecule has 0 aromatic carbocycles. The molecule has 0 N–H and O–H groups in total. The summed E-state index contributed by atoms with van der Waals surface area (Å²) in [4.78, 5) is 3.90. The Labute approximate surface area is 78.0 Å². The van der Waals surface area contributed by atoms with Gasteiger partial charge in [0.05, 0.1) is 0 Å². The minimum Gasteiger partial charge on any atom is -0.249 e. The van der Waals surface area contributed by atoms with Gasteiger partial charge in [0.2, 0.25) is 0 Å². The molecule has 0 amide bonds. The van der Waals surface area contributed by atoms with Crippen molar-refractivity contribution in [3.63, 3.8) is 0 Å². The van der Waals surface area contributed by atoms with Gasteiger partial charge in [-0.3, -0.25) is 0 Å². The topological polar surface area (TPSA) is 12.9 Å². The van der Waals surface area contributed by atoms with Gasteiger partial charge in [-0.1, -0.05) is 33.8 Å². The lowest BCUT2D eigenvalue weighted by atomic mass is 10.5. The average Bonchev–Trinajstić information content (AvgIpc) is 2.13. The van der Waals surface area contributed by atoms with Crippen LogP contribution in [0.2, 0.25) is 0 Å². The van der Waals surface area contributed by atoms with Crippen molar-refractivity contribution in [2.45, 2.75) is 27.7 Å². The number of halogens is 1. The van der Waals surface area contributed by atoms with Crippen molar-refractivity contribution in [2.24, 2.45) is 0 Å². The Morgan fingerprint density at radius 1 is 1.09 bits per heavy atom. The second kappa shape index (κ2) is 12.3. The standard InChI is InChI=1S/C5H4BrN.2C2H6/c6-5-3-1-2-4-7-5;2*1-2/h1-4H;2*1-2H3. The molecule has 11 heavy (non-hydrogen) atoms. The molecular formula is C9H16BrN. The average molecular weight is 218 g/mol. The Morgan fingerprint density at radius 2 is 1.64 bits per heavy atom. The highest BCUT2D eigenvalue weighted by atomic mass is 79.9. The Balaban J connectivity index is 0. The molecule has 64 valence electrons. The SMILES string of the molecule is Brc1ccccn1.CC.CC. The lowest BCUT2D eigenvalue weighted by molar-refractivity contribution is 1.28. The van der Waals surface area contributed by atoms with E-state index < -0.39 is 0 Å². The minimum absolute atomic E-state index is 0.884. The van der Waals surface area contributed by atoms with Crippen LogP contribution in [0.1, 0.15) is 27.7 Å². The lowest BCUT2D eigenvalue weighted by Crippen LogP contribution is -1.66. The summed E-state index contributed by atoms with van der Waals surface area (Å²) in [6.07, 6.45) is 1.74. The van der Waals surface area contributed by atoms with Crippen molar-refractivity contribution in [3.8, 4) is 0 Å². The van der Waals surface area contributed by atoms with Crippen molar-refractivity contribution >= 4 is 15.9 Å². The molecule has 1 rings (SSSR count). The van der Waals surface area contributed by atoms with Gasteiger partial charge in [0, 0.05) is 6.20 Å². The number of pyridine rings is 1. The van der Waals surface area contributed by atoms with Crippen molar-refractivity contribution in [3.05, 3.63) is 29.0 Å². The van der Waals surface area contributed by atoms with Gasteiger partial charge in [0.25, 0.3) is 0 Å². The summed E-state index contributed by atoms with van der Waals surface area (Å²) in [6.45, 7) is 8.00. The van der Waals surface area contributed by atoms with Gasteiger partial charge in [-0.15, -0.1) is 0 Å². The predicted octanol–water partition coefficient (Wildman–Crippen LogP) is 3.90. The fraction of sp³-hybridized carbons (Fsp3) is 0.444. The molecule has 0 radical (unpaired) electrons. The first-order valence-corrected chi connectivity index (χ1v) is 4.75. The van der Waals surface area contributed by atoms with E-state index in [1.807, 2.05) is 45.9 Å². The second-order valence-electron chi connectivity index (χ2n) is 1.15. The number of rotatable bonds is 0. The maximum Gasteiger partial charge on any atom is 0.106 e. The van der Waals surface area contributed by atoms with Crippen LogP contribution in [0.4, 0.5) is 0 Å². The van der Waals surface area contributed by atoms with Crippen molar-refractivity contribution in [2.75, 3.05) is 0 Å². The second-order valence-corrected chi connectivity index (χ2v) is 1.96. The van der Waals surface area contributed by atoms with Gasteiger partial charge in [-0.2, -0.15) is 0 Å². The number of nitrogens with zero attached hydrogens (tertiary/aromatic N) is 1. The molecule has 0 atom stereocenters. The summed E-state index contributed by atoms with van der Waals surface area (Å²) in [7, 11) is 0. The first kappa shape index (κ1) is 13.2. The summed E-state index contributed by atoms with van der Waals surface area (Å²) in [5.74, 6) is 0. The Hall–Kier alpha value is -0.370. The normalized spacial score (nSPS) is 6.64. The van der Waals surface area contributed by atoms with E-state index in [0.717, 1.165) is 4.60 Å². The van der Waals surface area contributed by atoms with Crippen LogP contribution in [0.3, 0.4) is 0 Å². The third kappa shape index (κ3) is 9.63. The smallest absolute Gasteiger partial charge is 0.106 e. The van der Waals surface area contributed by atoms with Crippen LogP contribution >= 0.6 is 15.9 Å². The van der Waals surface area contributed by atoms with E-state index in [2.05, 4.69) is 20.9 Å². The highest BCUT2D eigenvalue weighted by molar-refractivity contribution is 9.10. The molecule has 0 aliphatic heterocycles. The summed E-state index contributed by atoms with van der Waals surface area (Å²) in [5.41, 5.74) is 0. The van der Waals surface area contributed by atoms with Crippen LogP contribution in [-0.2, 0) is 0 Å². The van der Waals surface area contributed by atoms with E-state index in [1.165, 1.54) is 0 Å². The third-order valence-electron chi connectivity index (χ3n) is 0.629. The molecule has 1 aromatic rings. The zero-order valence-electron chi connectivity index (χ0n) is 7.63. The monoisotopic (exact) mass is 217 g/mol. The van der Waals surface area contributed by atoms with Crippen LogP contribution in [0, 0.1) is 0 Å². The van der Waals surface area contributed by atoms with E-state index in [1.54, 1.807) is 6.20 Å². The van der Waals surface area contributed by atoms with Crippen molar-refractivity contribution < 1.29 is 0 Å². The molecule has 0 saturated heterocycles. The molecule has 2 heteroatoms. The number of hydrogen-bond donors (Lipinski definition) is 0. The fourth-order valence-corrected chi connectivity index (χ4v) is 0.613. The largest absolute Gasteiger partial charge is 0.249 e. The van der Waals surface area contributed by atoms with E-state index in [0.29, 0.717) is 0 Å². The summed E-state index contributed by atoms with van der Waals surface area (Å²) in [6, 6.07) is 5.70. The molecule has 0 spiro atoms. The van der Waals surface area contributed by atoms with Crippen LogP contribution < -0.4 is 0 Å². The quantitative estimate of drug-likeness (QED) is 0.602. The summed E-state index contributed by atoms with van der Waals surface area (Å²) >= 11 is 3.20. The van der Waals surface area contributed by atoms with Gasteiger partial charge in [0.1, 0.15) is 4.60 Å². The molecule has 0 bridgehead atoms.